The number of hydrogen-bond acceptors (Lipinski definition) is 11. The van der Waals surface area contributed by atoms with Crippen LogP contribution >= 0.6 is 0 Å². The molecule has 7 aromatic carbocycles. The summed E-state index contributed by atoms with van der Waals surface area (Å²) >= 11 is 0. The Morgan fingerprint density at radius 2 is 0.556 bits per heavy atom. The van der Waals surface area contributed by atoms with Crippen LogP contribution in [0.2, 0.25) is 0 Å². The molecule has 0 amide bonds. The third-order valence-electron chi connectivity index (χ3n) is 12.7. The van der Waals surface area contributed by atoms with Crippen LogP contribution in [0, 0.1) is 0 Å². The summed E-state index contributed by atoms with van der Waals surface area (Å²) in [5, 5.41) is 12.0. The lowest BCUT2D eigenvalue weighted by Crippen LogP contribution is -2.63. The van der Waals surface area contributed by atoms with Crippen molar-refractivity contribution in [1.82, 2.24) is 0 Å². The highest BCUT2D eigenvalue weighted by Gasteiger charge is 2.52. The van der Waals surface area contributed by atoms with Gasteiger partial charge >= 0.3 is 0 Å². The SMILES string of the molecule is O[C@@H]1O[C@H](CO[C@@H]2O[C@@H](COCc3ccccc3)[C@H](OCc3ccccc3)[C@H](OCc3ccccc3)[C@H]2OCc2ccccc2)[C@H](OCc2ccccc2)[C@@H](OCc2ccccc2)[C@@H]1OCc1ccccc1. The third-order valence-corrected chi connectivity index (χ3v) is 12.7. The van der Waals surface area contributed by atoms with Crippen molar-refractivity contribution < 1.29 is 52.5 Å². The van der Waals surface area contributed by atoms with Gasteiger partial charge in [0.1, 0.15) is 48.8 Å². The van der Waals surface area contributed by atoms with Crippen molar-refractivity contribution in [2.24, 2.45) is 0 Å². The smallest absolute Gasteiger partial charge is 0.187 e. The Hall–Kier alpha value is -5.90. The molecule has 11 nitrogen and oxygen atoms in total. The summed E-state index contributed by atoms with van der Waals surface area (Å²) in [4.78, 5) is 0. The molecule has 9 rings (SSSR count). The van der Waals surface area contributed by atoms with E-state index in [9.17, 15) is 5.11 Å². The molecule has 2 saturated heterocycles. The van der Waals surface area contributed by atoms with Crippen molar-refractivity contribution in [2.75, 3.05) is 13.2 Å². The van der Waals surface area contributed by atoms with Crippen molar-refractivity contribution in [3.05, 3.63) is 251 Å². The topological polar surface area (TPSA) is 113 Å². The highest BCUT2D eigenvalue weighted by molar-refractivity contribution is 5.19. The Labute approximate surface area is 423 Å². The zero-order valence-electron chi connectivity index (χ0n) is 40.4. The highest BCUT2D eigenvalue weighted by atomic mass is 16.7. The molecule has 1 N–H and O–H groups in total. The van der Waals surface area contributed by atoms with E-state index in [0.29, 0.717) is 6.61 Å². The minimum atomic E-state index is -1.41. The fourth-order valence-electron chi connectivity index (χ4n) is 8.97. The molecule has 0 spiro atoms. The molecule has 0 unspecified atom stereocenters. The first kappa shape index (κ1) is 51.0. The van der Waals surface area contributed by atoms with E-state index in [1.165, 1.54) is 0 Å². The van der Waals surface area contributed by atoms with E-state index in [2.05, 4.69) is 0 Å². The van der Waals surface area contributed by atoms with Gasteiger partial charge in [-0.3, -0.25) is 0 Å². The van der Waals surface area contributed by atoms with Crippen molar-refractivity contribution in [3.8, 4) is 0 Å². The third kappa shape index (κ3) is 14.8. The van der Waals surface area contributed by atoms with Gasteiger partial charge in [0, 0.05) is 0 Å². The summed E-state index contributed by atoms with van der Waals surface area (Å²) in [6, 6.07) is 69.7. The minimum absolute atomic E-state index is 0.0957. The van der Waals surface area contributed by atoms with Gasteiger partial charge in [-0.1, -0.05) is 212 Å². The molecule has 0 bridgehead atoms. The van der Waals surface area contributed by atoms with E-state index in [1.807, 2.05) is 212 Å². The standard InChI is InChI=1S/C61H64O11/c62-60-58(68-41-50-32-18-6-19-33-50)56(66-39-48-28-14-4-15-29-48)55(65-38-47-26-12-3-13-27-47)53(71-60)44-70-61-59(69-42-51-34-20-7-21-35-51)57(67-40-49-30-16-5-17-31-49)54(64-37-46-24-10-2-11-25-46)52(72-61)43-63-36-45-22-8-1-9-23-45/h1-35,52-62H,36-44H2/t52-,53+,54-,55-,56+,57-,58-,59+,60+,61+/m0/s1. The van der Waals surface area contributed by atoms with Crippen molar-refractivity contribution >= 4 is 0 Å². The molecule has 2 fully saturated rings. The Morgan fingerprint density at radius 1 is 0.278 bits per heavy atom. The van der Waals surface area contributed by atoms with E-state index in [-0.39, 0.29) is 52.9 Å². The summed E-state index contributed by atoms with van der Waals surface area (Å²) in [5.74, 6) is 0. The van der Waals surface area contributed by atoms with Gasteiger partial charge < -0.3 is 52.5 Å². The summed E-state index contributed by atoms with van der Waals surface area (Å²) in [7, 11) is 0. The first-order chi connectivity index (χ1) is 35.6. The zero-order valence-corrected chi connectivity index (χ0v) is 40.4. The number of benzene rings is 7. The maximum atomic E-state index is 12.0. The zero-order chi connectivity index (χ0) is 49.0. The van der Waals surface area contributed by atoms with Crippen LogP contribution in [0.25, 0.3) is 0 Å². The van der Waals surface area contributed by atoms with Gasteiger partial charge in [-0.05, 0) is 38.9 Å². The van der Waals surface area contributed by atoms with E-state index in [1.54, 1.807) is 0 Å². The molecule has 0 radical (unpaired) electrons. The fraction of sp³-hybridized carbons (Fsp3) is 0.311. The maximum absolute atomic E-state index is 12.0. The number of hydrogen-bond donors (Lipinski definition) is 1. The van der Waals surface area contributed by atoms with Crippen LogP contribution in [-0.4, -0.2) is 79.7 Å². The molecule has 0 aliphatic carbocycles. The van der Waals surface area contributed by atoms with Crippen LogP contribution in [-0.2, 0) is 93.6 Å². The predicted molar refractivity (Wildman–Crippen MR) is 272 cm³/mol. The van der Waals surface area contributed by atoms with Gasteiger partial charge in [-0.15, -0.1) is 0 Å². The molecule has 2 aliphatic heterocycles. The van der Waals surface area contributed by atoms with Crippen molar-refractivity contribution in [3.63, 3.8) is 0 Å². The molecule has 0 saturated carbocycles. The fourth-order valence-corrected chi connectivity index (χ4v) is 8.97. The second-order valence-corrected chi connectivity index (χ2v) is 18.0. The lowest BCUT2D eigenvalue weighted by molar-refractivity contribution is -0.349. The molecule has 2 aliphatic rings. The van der Waals surface area contributed by atoms with E-state index in [4.69, 9.17) is 47.4 Å². The van der Waals surface area contributed by atoms with Crippen molar-refractivity contribution in [1.29, 1.82) is 0 Å². The number of aliphatic hydroxyl groups is 1. The minimum Gasteiger partial charge on any atom is -0.374 e. The number of ether oxygens (including phenoxy) is 10. The summed E-state index contributed by atoms with van der Waals surface area (Å²) in [5.41, 5.74) is 6.80. The Morgan fingerprint density at radius 3 is 0.917 bits per heavy atom. The lowest BCUT2D eigenvalue weighted by Gasteiger charge is -2.47. The Kier molecular flexibility index (Phi) is 19.3. The Balaban J connectivity index is 1.04. The maximum Gasteiger partial charge on any atom is 0.187 e. The number of rotatable bonds is 25. The van der Waals surface area contributed by atoms with E-state index >= 15 is 0 Å². The Bertz CT molecular complexity index is 2550. The molecule has 2 heterocycles. The second-order valence-electron chi connectivity index (χ2n) is 18.0. The van der Waals surface area contributed by atoms with Crippen LogP contribution in [0.1, 0.15) is 38.9 Å². The lowest BCUT2D eigenvalue weighted by atomic mass is 9.97. The molecule has 11 heteroatoms. The summed E-state index contributed by atoms with van der Waals surface area (Å²) in [6.45, 7) is 1.89. The van der Waals surface area contributed by atoms with Gasteiger partial charge in [0.25, 0.3) is 0 Å². The van der Waals surface area contributed by atoms with Crippen LogP contribution in [0.4, 0.5) is 0 Å². The number of aliphatic hydroxyl groups excluding tert-OH is 1. The average molecular weight is 973 g/mol. The molecular formula is C61H64O11. The van der Waals surface area contributed by atoms with E-state index < -0.39 is 61.4 Å². The van der Waals surface area contributed by atoms with Crippen LogP contribution in [0.5, 0.6) is 0 Å². The molecule has 7 aromatic rings. The summed E-state index contributed by atoms with van der Waals surface area (Å²) < 4.78 is 67.9. The predicted octanol–water partition coefficient (Wildman–Crippen LogP) is 10.2. The van der Waals surface area contributed by atoms with Gasteiger partial charge in [-0.2, -0.15) is 0 Å². The van der Waals surface area contributed by atoms with Crippen molar-refractivity contribution in [2.45, 2.75) is 108 Å². The largest absolute Gasteiger partial charge is 0.374 e. The van der Waals surface area contributed by atoms with Gasteiger partial charge in [0.05, 0.1) is 59.5 Å². The van der Waals surface area contributed by atoms with Gasteiger partial charge in [-0.25, -0.2) is 0 Å². The summed E-state index contributed by atoms with van der Waals surface area (Å²) in [6.07, 6.45) is -8.74. The quantitative estimate of drug-likeness (QED) is 0.0591. The first-order valence-electron chi connectivity index (χ1n) is 24.8. The van der Waals surface area contributed by atoms with Gasteiger partial charge in [0.15, 0.2) is 12.6 Å². The molecule has 0 aromatic heterocycles. The molecule has 72 heavy (non-hydrogen) atoms. The highest BCUT2D eigenvalue weighted by Crippen LogP contribution is 2.34. The average Bonchev–Trinajstić information content (AvgIpc) is 3.44. The molecule has 10 atom stereocenters. The molecule has 374 valence electrons. The van der Waals surface area contributed by atoms with E-state index in [0.717, 1.165) is 38.9 Å². The molecular weight excluding hydrogens is 909 g/mol. The van der Waals surface area contributed by atoms with Crippen LogP contribution in [0.3, 0.4) is 0 Å². The normalized spacial score (nSPS) is 24.2. The van der Waals surface area contributed by atoms with Gasteiger partial charge in [0.2, 0.25) is 0 Å². The monoisotopic (exact) mass is 972 g/mol. The first-order valence-corrected chi connectivity index (χ1v) is 24.8. The van der Waals surface area contributed by atoms with Crippen LogP contribution < -0.4 is 0 Å². The van der Waals surface area contributed by atoms with Crippen LogP contribution in [0.15, 0.2) is 212 Å². The second kappa shape index (κ2) is 27.2.